The van der Waals surface area contributed by atoms with Gasteiger partial charge in [0.05, 0.1) is 23.1 Å². The molecule has 1 aromatic carbocycles. The SMILES string of the molecule is C[C@H]1OB(O)c2ccnn2-c2ccc(F)cc21.Cn1nc(CBr)cc1C1CCC1. The average molecular weight is 461 g/mol. The molecule has 5 rings (SSSR count). The van der Waals surface area contributed by atoms with Gasteiger partial charge in [-0.1, -0.05) is 22.4 Å². The van der Waals surface area contributed by atoms with Gasteiger partial charge in [-0.15, -0.1) is 0 Å². The Balaban J connectivity index is 0.000000150. The van der Waals surface area contributed by atoms with Crippen LogP contribution >= 0.6 is 15.9 Å². The van der Waals surface area contributed by atoms with Crippen LogP contribution in [0.3, 0.4) is 0 Å². The number of rotatable bonds is 2. The van der Waals surface area contributed by atoms with Crippen molar-refractivity contribution in [3.8, 4) is 5.69 Å². The summed E-state index contributed by atoms with van der Waals surface area (Å²) in [5.41, 5.74) is 4.51. The Bertz CT molecular complexity index is 1000. The van der Waals surface area contributed by atoms with E-state index in [-0.39, 0.29) is 5.82 Å². The van der Waals surface area contributed by atoms with E-state index in [9.17, 15) is 9.41 Å². The molecule has 0 spiro atoms. The van der Waals surface area contributed by atoms with Gasteiger partial charge >= 0.3 is 7.12 Å². The molecule has 1 fully saturated rings. The highest BCUT2D eigenvalue weighted by Crippen LogP contribution is 2.36. The van der Waals surface area contributed by atoms with Crippen LogP contribution in [0.25, 0.3) is 5.69 Å². The van der Waals surface area contributed by atoms with Gasteiger partial charge in [0.2, 0.25) is 0 Å². The highest BCUT2D eigenvalue weighted by Gasteiger charge is 2.31. The fourth-order valence-electron chi connectivity index (χ4n) is 3.78. The van der Waals surface area contributed by atoms with E-state index >= 15 is 0 Å². The molecule has 1 aliphatic carbocycles. The zero-order valence-corrected chi connectivity index (χ0v) is 18.0. The van der Waals surface area contributed by atoms with E-state index < -0.39 is 13.2 Å². The van der Waals surface area contributed by atoms with Crippen molar-refractivity contribution in [3.63, 3.8) is 0 Å². The normalized spacial score (nSPS) is 18.2. The van der Waals surface area contributed by atoms with E-state index in [1.807, 2.05) is 11.7 Å². The van der Waals surface area contributed by atoms with Crippen LogP contribution in [0.15, 0.2) is 36.5 Å². The van der Waals surface area contributed by atoms with Crippen molar-refractivity contribution in [3.05, 3.63) is 59.3 Å². The van der Waals surface area contributed by atoms with Crippen LogP contribution in [0.2, 0.25) is 0 Å². The van der Waals surface area contributed by atoms with Gasteiger partial charge < -0.3 is 9.68 Å². The number of hydrogen-bond donors (Lipinski definition) is 1. The number of aromatic nitrogens is 4. The monoisotopic (exact) mass is 460 g/mol. The summed E-state index contributed by atoms with van der Waals surface area (Å²) in [6.45, 7) is 1.77. The first-order chi connectivity index (χ1) is 14.0. The van der Waals surface area contributed by atoms with Crippen LogP contribution < -0.4 is 5.59 Å². The first-order valence-corrected chi connectivity index (χ1v) is 10.9. The average Bonchev–Trinajstić information content (AvgIpc) is 3.26. The molecule has 152 valence electrons. The number of halogens is 2. The smallest absolute Gasteiger partial charge is 0.422 e. The van der Waals surface area contributed by atoms with Gasteiger partial charge in [0.1, 0.15) is 5.82 Å². The topological polar surface area (TPSA) is 65.1 Å². The standard InChI is InChI=1S/C11H10BFN2O2.C9H13BrN2/c1-7-9-6-8(13)2-3-10(9)15-11(4-5-14-15)12(16)17-7;1-12-9(7-3-2-4-7)5-8(6-10)11-12/h2-7,16H,1H3;5,7H,2-4,6H2,1H3/t7-;/m1./s1. The van der Waals surface area contributed by atoms with Crippen molar-refractivity contribution in [1.29, 1.82) is 0 Å². The number of fused-ring (bicyclic) bond motifs is 3. The Morgan fingerprint density at radius 2 is 2.10 bits per heavy atom. The molecule has 0 unspecified atom stereocenters. The van der Waals surface area contributed by atoms with Gasteiger partial charge in [0, 0.05) is 35.7 Å². The molecular formula is C20H23BBrFN4O2. The molecule has 0 bridgehead atoms. The minimum atomic E-state index is -1.05. The molecule has 9 heteroatoms. The molecule has 3 heterocycles. The van der Waals surface area contributed by atoms with Crippen LogP contribution in [0.4, 0.5) is 4.39 Å². The van der Waals surface area contributed by atoms with Crippen LogP contribution in [0.1, 0.15) is 55.2 Å². The van der Waals surface area contributed by atoms with Crippen LogP contribution in [-0.2, 0) is 17.0 Å². The molecule has 3 aromatic rings. The van der Waals surface area contributed by atoms with Crippen molar-refractivity contribution in [2.45, 2.75) is 43.5 Å². The zero-order chi connectivity index (χ0) is 20.5. The second-order valence-electron chi connectivity index (χ2n) is 7.45. The summed E-state index contributed by atoms with van der Waals surface area (Å²) >= 11 is 3.42. The van der Waals surface area contributed by atoms with E-state index in [4.69, 9.17) is 4.65 Å². The molecule has 1 aliphatic heterocycles. The molecule has 0 radical (unpaired) electrons. The Kier molecular flexibility index (Phi) is 5.89. The Hall–Kier alpha value is -1.97. The van der Waals surface area contributed by atoms with Gasteiger partial charge in [-0.25, -0.2) is 9.07 Å². The third kappa shape index (κ3) is 4.04. The van der Waals surface area contributed by atoms with Gasteiger partial charge in [-0.3, -0.25) is 4.68 Å². The second kappa shape index (κ2) is 8.42. The number of aryl methyl sites for hydroxylation is 1. The van der Waals surface area contributed by atoms with Crippen LogP contribution in [0, 0.1) is 5.82 Å². The highest BCUT2D eigenvalue weighted by atomic mass is 79.9. The molecule has 2 aliphatic rings. The minimum Gasteiger partial charge on any atom is -0.422 e. The summed E-state index contributed by atoms with van der Waals surface area (Å²) < 4.78 is 22.3. The van der Waals surface area contributed by atoms with Crippen molar-refractivity contribution >= 4 is 28.6 Å². The fraction of sp³-hybridized carbons (Fsp3) is 0.400. The lowest BCUT2D eigenvalue weighted by Crippen LogP contribution is -2.37. The lowest BCUT2D eigenvalue weighted by atomic mass is 9.83. The predicted molar refractivity (Wildman–Crippen MR) is 113 cm³/mol. The maximum Gasteiger partial charge on any atom is 0.511 e. The molecule has 1 saturated carbocycles. The molecule has 0 saturated heterocycles. The summed E-state index contributed by atoms with van der Waals surface area (Å²) in [5.74, 6) is 0.458. The number of alkyl halides is 1. The summed E-state index contributed by atoms with van der Waals surface area (Å²) in [7, 11) is 0.989. The minimum absolute atomic E-state index is 0.329. The quantitative estimate of drug-likeness (QED) is 0.470. The Labute approximate surface area is 178 Å². The lowest BCUT2D eigenvalue weighted by Gasteiger charge is -2.25. The van der Waals surface area contributed by atoms with Gasteiger partial charge in [0.15, 0.2) is 0 Å². The third-order valence-corrected chi connectivity index (χ3v) is 6.12. The van der Waals surface area contributed by atoms with E-state index in [2.05, 4.69) is 32.2 Å². The summed E-state index contributed by atoms with van der Waals surface area (Å²) in [4.78, 5) is 0. The van der Waals surface area contributed by atoms with E-state index in [0.29, 0.717) is 11.2 Å². The second-order valence-corrected chi connectivity index (χ2v) is 8.01. The molecule has 0 amide bonds. The van der Waals surface area contributed by atoms with Gasteiger partial charge in [-0.2, -0.15) is 10.2 Å². The number of nitrogens with zero attached hydrogens (tertiary/aromatic N) is 4. The molecule has 1 N–H and O–H groups in total. The molecular weight excluding hydrogens is 438 g/mol. The highest BCUT2D eigenvalue weighted by molar-refractivity contribution is 9.08. The van der Waals surface area contributed by atoms with Crippen molar-refractivity contribution in [2.24, 2.45) is 7.05 Å². The number of hydrogen-bond acceptors (Lipinski definition) is 4. The largest absolute Gasteiger partial charge is 0.511 e. The number of benzene rings is 1. The summed E-state index contributed by atoms with van der Waals surface area (Å²) in [6.07, 6.45) is 5.27. The third-order valence-electron chi connectivity index (χ3n) is 5.54. The van der Waals surface area contributed by atoms with Gasteiger partial charge in [-0.05, 0) is 50.1 Å². The van der Waals surface area contributed by atoms with Gasteiger partial charge in [0.25, 0.3) is 0 Å². The van der Waals surface area contributed by atoms with Crippen molar-refractivity contribution in [1.82, 2.24) is 19.6 Å². The molecule has 6 nitrogen and oxygen atoms in total. The predicted octanol–water partition coefficient (Wildman–Crippen LogP) is 3.37. The molecule has 29 heavy (non-hydrogen) atoms. The zero-order valence-electron chi connectivity index (χ0n) is 16.4. The van der Waals surface area contributed by atoms with Crippen molar-refractivity contribution in [2.75, 3.05) is 0 Å². The maximum absolute atomic E-state index is 13.3. The molecule has 1 atom stereocenters. The molecule has 2 aromatic heterocycles. The summed E-state index contributed by atoms with van der Waals surface area (Å²) in [6, 6.07) is 8.31. The van der Waals surface area contributed by atoms with E-state index in [1.165, 1.54) is 37.1 Å². The van der Waals surface area contributed by atoms with Crippen molar-refractivity contribution < 1.29 is 14.1 Å². The van der Waals surface area contributed by atoms with E-state index in [0.717, 1.165) is 22.6 Å². The van der Waals surface area contributed by atoms with Crippen LogP contribution in [0.5, 0.6) is 0 Å². The Morgan fingerprint density at radius 3 is 2.76 bits per heavy atom. The lowest BCUT2D eigenvalue weighted by molar-refractivity contribution is 0.194. The van der Waals surface area contributed by atoms with Crippen LogP contribution in [-0.4, -0.2) is 31.7 Å². The fourth-order valence-corrected chi connectivity index (χ4v) is 4.05. The van der Waals surface area contributed by atoms with E-state index in [1.54, 1.807) is 29.9 Å². The Morgan fingerprint density at radius 1 is 1.31 bits per heavy atom. The first kappa shape index (κ1) is 20.3. The first-order valence-electron chi connectivity index (χ1n) is 9.74. The summed E-state index contributed by atoms with van der Waals surface area (Å²) in [5, 5.41) is 19.3. The maximum atomic E-state index is 13.3.